The van der Waals surface area contributed by atoms with Crippen molar-refractivity contribution in [3.05, 3.63) is 72.3 Å². The molecule has 166 valence electrons. The molecule has 0 bridgehead atoms. The Bertz CT molecular complexity index is 1130. The van der Waals surface area contributed by atoms with Crippen LogP contribution in [-0.2, 0) is 4.79 Å². The average molecular weight is 450 g/mol. The molecule has 0 aliphatic carbocycles. The van der Waals surface area contributed by atoms with Crippen LogP contribution in [0, 0.1) is 0 Å². The molecule has 1 aliphatic heterocycles. The van der Waals surface area contributed by atoms with E-state index in [4.69, 9.17) is 17.0 Å². The third-order valence-electron chi connectivity index (χ3n) is 5.54. The largest absolute Gasteiger partial charge is 0.495 e. The third-order valence-corrected chi connectivity index (χ3v) is 5.86. The summed E-state index contributed by atoms with van der Waals surface area (Å²) in [6, 6.07) is 15.8. The molecule has 2 unspecified atom stereocenters. The number of amides is 1. The van der Waals surface area contributed by atoms with Crippen LogP contribution in [0.3, 0.4) is 0 Å². The van der Waals surface area contributed by atoms with Crippen molar-refractivity contribution in [1.82, 2.24) is 14.9 Å². The Labute approximate surface area is 193 Å². The van der Waals surface area contributed by atoms with Gasteiger partial charge in [0.15, 0.2) is 5.11 Å². The number of benzene rings is 1. The number of carbonyl (C=O) groups is 1. The topological polar surface area (TPSA) is 71.4 Å². The van der Waals surface area contributed by atoms with E-state index in [-0.39, 0.29) is 24.0 Å². The zero-order valence-corrected chi connectivity index (χ0v) is 19.4. The Balaban J connectivity index is 1.85. The standard InChI is InChI=1S/C24H27N5O2S/c1-15(2)28-13-7-9-20(28)23-22(18-8-5-6-12-25-18)27-24(32)29(23)17-10-11-21(31-4)19(14-17)26-16(3)30/h5-15,22-23H,1-4H3,(H,26,30)(H,27,32). The van der Waals surface area contributed by atoms with Crippen LogP contribution in [0.5, 0.6) is 5.75 Å². The number of nitrogens with zero attached hydrogens (tertiary/aromatic N) is 3. The molecule has 1 aliphatic rings. The summed E-state index contributed by atoms with van der Waals surface area (Å²) in [6.07, 6.45) is 3.88. The lowest BCUT2D eigenvalue weighted by Gasteiger charge is -2.30. The summed E-state index contributed by atoms with van der Waals surface area (Å²) in [5.41, 5.74) is 3.49. The summed E-state index contributed by atoms with van der Waals surface area (Å²) >= 11 is 5.81. The molecule has 1 fully saturated rings. The number of anilines is 2. The maximum absolute atomic E-state index is 11.8. The molecule has 1 saturated heterocycles. The molecule has 7 nitrogen and oxygen atoms in total. The molecule has 1 amide bonds. The van der Waals surface area contributed by atoms with Gasteiger partial charge in [-0.1, -0.05) is 6.07 Å². The van der Waals surface area contributed by atoms with Gasteiger partial charge in [-0.25, -0.2) is 0 Å². The number of pyridine rings is 1. The van der Waals surface area contributed by atoms with Gasteiger partial charge in [-0.05, 0) is 68.5 Å². The van der Waals surface area contributed by atoms with E-state index < -0.39 is 0 Å². The smallest absolute Gasteiger partial charge is 0.221 e. The average Bonchev–Trinajstić information content (AvgIpc) is 3.38. The van der Waals surface area contributed by atoms with Crippen LogP contribution in [0.1, 0.15) is 50.3 Å². The van der Waals surface area contributed by atoms with Gasteiger partial charge in [-0.15, -0.1) is 0 Å². The van der Waals surface area contributed by atoms with Gasteiger partial charge < -0.3 is 24.8 Å². The Morgan fingerprint density at radius 3 is 2.69 bits per heavy atom. The van der Waals surface area contributed by atoms with Gasteiger partial charge in [-0.2, -0.15) is 0 Å². The van der Waals surface area contributed by atoms with Crippen LogP contribution >= 0.6 is 12.2 Å². The van der Waals surface area contributed by atoms with E-state index in [1.165, 1.54) is 6.92 Å². The third kappa shape index (κ3) is 4.05. The second-order valence-corrected chi connectivity index (χ2v) is 8.38. The van der Waals surface area contributed by atoms with Crippen molar-refractivity contribution in [3.63, 3.8) is 0 Å². The minimum atomic E-state index is -0.167. The van der Waals surface area contributed by atoms with Gasteiger partial charge in [0.2, 0.25) is 5.91 Å². The minimum absolute atomic E-state index is 0.131. The first kappa shape index (κ1) is 21.8. The van der Waals surface area contributed by atoms with Crippen LogP contribution in [-0.4, -0.2) is 27.7 Å². The molecule has 2 N–H and O–H groups in total. The van der Waals surface area contributed by atoms with Crippen LogP contribution in [0.2, 0.25) is 0 Å². The Morgan fingerprint density at radius 2 is 2.03 bits per heavy atom. The highest BCUT2D eigenvalue weighted by molar-refractivity contribution is 7.80. The highest BCUT2D eigenvalue weighted by Gasteiger charge is 2.42. The van der Waals surface area contributed by atoms with Crippen LogP contribution in [0.4, 0.5) is 11.4 Å². The van der Waals surface area contributed by atoms with E-state index >= 15 is 0 Å². The number of nitrogens with one attached hydrogen (secondary N) is 2. The van der Waals surface area contributed by atoms with E-state index in [9.17, 15) is 4.79 Å². The molecular weight excluding hydrogens is 422 g/mol. The first-order valence-corrected chi connectivity index (χ1v) is 10.9. The number of carbonyl (C=O) groups excluding carboxylic acids is 1. The molecule has 0 radical (unpaired) electrons. The lowest BCUT2D eigenvalue weighted by molar-refractivity contribution is -0.114. The quantitative estimate of drug-likeness (QED) is 0.536. The van der Waals surface area contributed by atoms with Gasteiger partial charge in [0.05, 0.1) is 24.5 Å². The summed E-state index contributed by atoms with van der Waals surface area (Å²) in [5.74, 6) is 0.421. The predicted molar refractivity (Wildman–Crippen MR) is 130 cm³/mol. The summed E-state index contributed by atoms with van der Waals surface area (Å²) in [7, 11) is 1.58. The Hall–Kier alpha value is -3.39. The highest BCUT2D eigenvalue weighted by atomic mass is 32.1. The molecule has 2 atom stereocenters. The first-order chi connectivity index (χ1) is 15.4. The van der Waals surface area contributed by atoms with Crippen molar-refractivity contribution >= 4 is 34.6 Å². The van der Waals surface area contributed by atoms with Gasteiger partial charge in [0.25, 0.3) is 0 Å². The normalized spacial score (nSPS) is 18.0. The fourth-order valence-electron chi connectivity index (χ4n) is 4.19. The fraction of sp³-hybridized carbons (Fsp3) is 0.292. The maximum Gasteiger partial charge on any atom is 0.221 e. The summed E-state index contributed by atoms with van der Waals surface area (Å²) in [5, 5.41) is 6.93. The molecule has 0 saturated carbocycles. The van der Waals surface area contributed by atoms with Gasteiger partial charge >= 0.3 is 0 Å². The fourth-order valence-corrected chi connectivity index (χ4v) is 4.54. The van der Waals surface area contributed by atoms with E-state index in [0.717, 1.165) is 17.1 Å². The SMILES string of the molecule is COc1ccc(N2C(=S)NC(c3ccccn3)C2c2cccn2C(C)C)cc1NC(C)=O. The van der Waals surface area contributed by atoms with Crippen LogP contribution in [0.25, 0.3) is 0 Å². The molecule has 32 heavy (non-hydrogen) atoms. The number of hydrogen-bond acceptors (Lipinski definition) is 4. The van der Waals surface area contributed by atoms with E-state index in [1.807, 2.05) is 36.4 Å². The second-order valence-electron chi connectivity index (χ2n) is 8.00. The van der Waals surface area contributed by atoms with Crippen molar-refractivity contribution < 1.29 is 9.53 Å². The number of methoxy groups -OCH3 is 1. The van der Waals surface area contributed by atoms with Gasteiger partial charge in [-0.3, -0.25) is 9.78 Å². The molecule has 2 aromatic heterocycles. The second kappa shape index (κ2) is 9.00. The molecule has 3 aromatic rings. The monoisotopic (exact) mass is 449 g/mol. The number of hydrogen-bond donors (Lipinski definition) is 2. The number of aromatic nitrogens is 2. The van der Waals surface area contributed by atoms with Crippen LogP contribution < -0.4 is 20.3 Å². The Morgan fingerprint density at radius 1 is 1.22 bits per heavy atom. The highest BCUT2D eigenvalue weighted by Crippen LogP contribution is 2.43. The molecule has 1 aromatic carbocycles. The summed E-state index contributed by atoms with van der Waals surface area (Å²) in [4.78, 5) is 18.5. The number of ether oxygens (including phenoxy) is 1. The Kier molecular flexibility index (Phi) is 6.14. The van der Waals surface area contributed by atoms with Crippen molar-refractivity contribution in [2.45, 2.75) is 38.9 Å². The molecule has 8 heteroatoms. The first-order valence-electron chi connectivity index (χ1n) is 10.5. The lowest BCUT2D eigenvalue weighted by atomic mass is 10.0. The summed E-state index contributed by atoms with van der Waals surface area (Å²) in [6.45, 7) is 5.79. The predicted octanol–water partition coefficient (Wildman–Crippen LogP) is 4.61. The van der Waals surface area contributed by atoms with Crippen molar-refractivity contribution in [2.24, 2.45) is 0 Å². The lowest BCUT2D eigenvalue weighted by Crippen LogP contribution is -2.30. The molecule has 0 spiro atoms. The molecule has 3 heterocycles. The van der Waals surface area contributed by atoms with E-state index in [0.29, 0.717) is 16.5 Å². The zero-order chi connectivity index (χ0) is 22.8. The zero-order valence-electron chi connectivity index (χ0n) is 18.6. The number of rotatable bonds is 6. The van der Waals surface area contributed by atoms with Gasteiger partial charge in [0, 0.05) is 36.7 Å². The summed E-state index contributed by atoms with van der Waals surface area (Å²) < 4.78 is 7.69. The molecule has 4 rings (SSSR count). The van der Waals surface area contributed by atoms with Crippen molar-refractivity contribution in [1.29, 1.82) is 0 Å². The molecular formula is C24H27N5O2S. The van der Waals surface area contributed by atoms with Crippen LogP contribution in [0.15, 0.2) is 60.9 Å². The van der Waals surface area contributed by atoms with E-state index in [1.54, 1.807) is 13.3 Å². The number of thiocarbonyl (C=S) groups is 1. The maximum atomic E-state index is 11.8. The van der Waals surface area contributed by atoms with Crippen molar-refractivity contribution in [2.75, 3.05) is 17.3 Å². The van der Waals surface area contributed by atoms with Gasteiger partial charge in [0.1, 0.15) is 11.8 Å². The van der Waals surface area contributed by atoms with E-state index in [2.05, 4.69) is 57.3 Å². The minimum Gasteiger partial charge on any atom is -0.495 e. The van der Waals surface area contributed by atoms with Crippen molar-refractivity contribution in [3.8, 4) is 5.75 Å².